The third-order valence-corrected chi connectivity index (χ3v) is 4.21. The van der Waals surface area contributed by atoms with E-state index in [2.05, 4.69) is 4.90 Å². The second-order valence-electron chi connectivity index (χ2n) is 5.26. The van der Waals surface area contributed by atoms with E-state index in [9.17, 15) is 9.90 Å². The topological polar surface area (TPSA) is 43.8 Å². The zero-order chi connectivity index (χ0) is 12.3. The fraction of sp³-hybridized carbons (Fsp3) is 0.923. The number of hydrogen-bond donors (Lipinski definition) is 1. The first-order valence-electron chi connectivity index (χ1n) is 6.90. The molecule has 0 radical (unpaired) electrons. The number of piperazine rings is 1. The molecule has 98 valence electrons. The van der Waals surface area contributed by atoms with Gasteiger partial charge < -0.3 is 10.0 Å². The monoisotopic (exact) mass is 240 g/mol. The first-order chi connectivity index (χ1) is 8.26. The summed E-state index contributed by atoms with van der Waals surface area (Å²) in [5.41, 5.74) is 0. The van der Waals surface area contributed by atoms with Crippen LogP contribution in [0.15, 0.2) is 0 Å². The van der Waals surface area contributed by atoms with Gasteiger partial charge in [0, 0.05) is 25.7 Å². The molecule has 2 atom stereocenters. The third-order valence-electron chi connectivity index (χ3n) is 4.21. The number of carbonyl (C=O) groups excluding carboxylic acids is 1. The normalized spacial score (nSPS) is 27.6. The number of carbonyl (C=O) groups is 1. The largest absolute Gasteiger partial charge is 0.396 e. The Balaban J connectivity index is 1.92. The molecule has 0 aromatic rings. The second-order valence-corrected chi connectivity index (χ2v) is 5.26. The highest BCUT2D eigenvalue weighted by molar-refractivity contribution is 5.79. The van der Waals surface area contributed by atoms with E-state index < -0.39 is 0 Å². The molecule has 1 amide bonds. The molecule has 0 spiro atoms. The van der Waals surface area contributed by atoms with Gasteiger partial charge in [-0.2, -0.15) is 0 Å². The first kappa shape index (κ1) is 12.8. The Morgan fingerprint density at radius 2 is 2.18 bits per heavy atom. The summed E-state index contributed by atoms with van der Waals surface area (Å²) in [5.74, 6) is -0.0367. The number of piperidine rings is 1. The quantitative estimate of drug-likeness (QED) is 0.790. The fourth-order valence-corrected chi connectivity index (χ4v) is 3.00. The highest BCUT2D eigenvalue weighted by Gasteiger charge is 2.32. The van der Waals surface area contributed by atoms with E-state index in [-0.39, 0.29) is 18.4 Å². The lowest BCUT2D eigenvalue weighted by Crippen LogP contribution is -2.57. The van der Waals surface area contributed by atoms with Crippen molar-refractivity contribution in [3.63, 3.8) is 0 Å². The molecule has 2 aliphatic heterocycles. The summed E-state index contributed by atoms with van der Waals surface area (Å²) < 4.78 is 0. The second kappa shape index (κ2) is 5.83. The van der Waals surface area contributed by atoms with E-state index in [1.807, 2.05) is 11.8 Å². The summed E-state index contributed by atoms with van der Waals surface area (Å²) >= 11 is 0. The van der Waals surface area contributed by atoms with Crippen molar-refractivity contribution < 1.29 is 9.90 Å². The van der Waals surface area contributed by atoms with Crippen molar-refractivity contribution in [3.05, 3.63) is 0 Å². The Bertz CT molecular complexity index is 266. The van der Waals surface area contributed by atoms with Gasteiger partial charge >= 0.3 is 0 Å². The third kappa shape index (κ3) is 2.80. The molecule has 0 aromatic heterocycles. The SMILES string of the molecule is CCC(CO)C(=O)N1CCN2CCCCC2C1. The van der Waals surface area contributed by atoms with Gasteiger partial charge in [-0.1, -0.05) is 13.3 Å². The molecular weight excluding hydrogens is 216 g/mol. The van der Waals surface area contributed by atoms with Crippen molar-refractivity contribution in [2.24, 2.45) is 5.92 Å². The van der Waals surface area contributed by atoms with Crippen molar-refractivity contribution in [3.8, 4) is 0 Å². The van der Waals surface area contributed by atoms with Crippen molar-refractivity contribution in [2.75, 3.05) is 32.8 Å². The summed E-state index contributed by atoms with van der Waals surface area (Å²) in [6.07, 6.45) is 4.55. The minimum Gasteiger partial charge on any atom is -0.396 e. The van der Waals surface area contributed by atoms with Gasteiger partial charge in [-0.25, -0.2) is 0 Å². The van der Waals surface area contributed by atoms with E-state index in [0.29, 0.717) is 6.04 Å². The predicted octanol–water partition coefficient (Wildman–Crippen LogP) is 0.702. The maximum Gasteiger partial charge on any atom is 0.228 e. The Morgan fingerprint density at radius 1 is 1.35 bits per heavy atom. The van der Waals surface area contributed by atoms with Crippen LogP contribution in [-0.2, 0) is 4.79 Å². The molecular formula is C13H24N2O2. The average Bonchev–Trinajstić information content (AvgIpc) is 2.39. The summed E-state index contributed by atoms with van der Waals surface area (Å²) in [6, 6.07) is 0.567. The molecule has 2 rings (SSSR count). The fourth-order valence-electron chi connectivity index (χ4n) is 3.00. The summed E-state index contributed by atoms with van der Waals surface area (Å²) in [6.45, 7) is 5.87. The van der Waals surface area contributed by atoms with Crippen LogP contribution in [0.25, 0.3) is 0 Å². The van der Waals surface area contributed by atoms with Crippen LogP contribution in [0, 0.1) is 5.92 Å². The highest BCUT2D eigenvalue weighted by atomic mass is 16.3. The van der Waals surface area contributed by atoms with Gasteiger partial charge in [-0.05, 0) is 25.8 Å². The average molecular weight is 240 g/mol. The molecule has 4 heteroatoms. The van der Waals surface area contributed by atoms with E-state index in [0.717, 1.165) is 26.1 Å². The molecule has 0 bridgehead atoms. The maximum absolute atomic E-state index is 12.2. The number of rotatable bonds is 3. The van der Waals surface area contributed by atoms with E-state index in [1.54, 1.807) is 0 Å². The molecule has 2 unspecified atom stereocenters. The Morgan fingerprint density at radius 3 is 2.88 bits per heavy atom. The molecule has 2 fully saturated rings. The lowest BCUT2D eigenvalue weighted by Gasteiger charge is -2.44. The lowest BCUT2D eigenvalue weighted by molar-refractivity contribution is -0.140. The van der Waals surface area contributed by atoms with Gasteiger partial charge in [0.2, 0.25) is 5.91 Å². The first-order valence-corrected chi connectivity index (χ1v) is 6.90. The number of aliphatic hydroxyl groups is 1. The smallest absolute Gasteiger partial charge is 0.228 e. The van der Waals surface area contributed by atoms with Gasteiger partial charge in [0.1, 0.15) is 0 Å². The van der Waals surface area contributed by atoms with Crippen LogP contribution >= 0.6 is 0 Å². The number of fused-ring (bicyclic) bond motifs is 1. The van der Waals surface area contributed by atoms with Gasteiger partial charge in [0.05, 0.1) is 12.5 Å². The summed E-state index contributed by atoms with van der Waals surface area (Å²) in [5, 5.41) is 9.20. The standard InChI is InChI=1S/C13H24N2O2/c1-2-11(10-16)13(17)15-8-7-14-6-4-3-5-12(14)9-15/h11-12,16H,2-10H2,1H3. The summed E-state index contributed by atoms with van der Waals surface area (Å²) in [4.78, 5) is 16.7. The molecule has 17 heavy (non-hydrogen) atoms. The number of aliphatic hydroxyl groups excluding tert-OH is 1. The molecule has 4 nitrogen and oxygen atoms in total. The van der Waals surface area contributed by atoms with Gasteiger partial charge in [0.15, 0.2) is 0 Å². The van der Waals surface area contributed by atoms with Gasteiger partial charge in [-0.3, -0.25) is 9.69 Å². The molecule has 1 N–H and O–H groups in total. The summed E-state index contributed by atoms with van der Waals surface area (Å²) in [7, 11) is 0. The Kier molecular flexibility index (Phi) is 4.40. The molecule has 0 aromatic carbocycles. The molecule has 0 aliphatic carbocycles. The molecule has 2 saturated heterocycles. The molecule has 0 saturated carbocycles. The van der Waals surface area contributed by atoms with Gasteiger partial charge in [-0.15, -0.1) is 0 Å². The molecule has 2 aliphatic rings. The zero-order valence-corrected chi connectivity index (χ0v) is 10.8. The zero-order valence-electron chi connectivity index (χ0n) is 10.8. The van der Waals surface area contributed by atoms with Crippen molar-refractivity contribution in [2.45, 2.75) is 38.6 Å². The Labute approximate surface area is 104 Å². The molecule has 2 heterocycles. The van der Waals surface area contributed by atoms with Gasteiger partial charge in [0.25, 0.3) is 0 Å². The van der Waals surface area contributed by atoms with Crippen LogP contribution in [0.5, 0.6) is 0 Å². The minimum atomic E-state index is -0.190. The van der Waals surface area contributed by atoms with Crippen molar-refractivity contribution >= 4 is 5.91 Å². The van der Waals surface area contributed by atoms with Crippen LogP contribution in [-0.4, -0.2) is 59.6 Å². The van der Waals surface area contributed by atoms with E-state index >= 15 is 0 Å². The van der Waals surface area contributed by atoms with Crippen LogP contribution in [0.1, 0.15) is 32.6 Å². The van der Waals surface area contributed by atoms with Crippen LogP contribution < -0.4 is 0 Å². The highest BCUT2D eigenvalue weighted by Crippen LogP contribution is 2.22. The predicted molar refractivity (Wildman–Crippen MR) is 66.7 cm³/mol. The van der Waals surface area contributed by atoms with Crippen LogP contribution in [0.3, 0.4) is 0 Å². The lowest BCUT2D eigenvalue weighted by atomic mass is 9.98. The van der Waals surface area contributed by atoms with E-state index in [4.69, 9.17) is 0 Å². The van der Waals surface area contributed by atoms with Crippen molar-refractivity contribution in [1.29, 1.82) is 0 Å². The maximum atomic E-state index is 12.2. The van der Waals surface area contributed by atoms with Crippen LogP contribution in [0.4, 0.5) is 0 Å². The number of amides is 1. The number of hydrogen-bond acceptors (Lipinski definition) is 3. The van der Waals surface area contributed by atoms with E-state index in [1.165, 1.54) is 25.8 Å². The van der Waals surface area contributed by atoms with Crippen LogP contribution in [0.2, 0.25) is 0 Å². The van der Waals surface area contributed by atoms with Crippen molar-refractivity contribution in [1.82, 2.24) is 9.80 Å². The number of nitrogens with zero attached hydrogens (tertiary/aromatic N) is 2. The Hall–Kier alpha value is -0.610. The minimum absolute atomic E-state index is 0.0137.